The number of hydrogen-bond acceptors (Lipinski definition) is 3. The summed E-state index contributed by atoms with van der Waals surface area (Å²) in [6.45, 7) is 3.78. The SMILES string of the molecule is CCC1(C)NC(=O)CN(c2ccsc2)C1=O. The van der Waals surface area contributed by atoms with Gasteiger partial charge in [0.05, 0.1) is 5.69 Å². The smallest absolute Gasteiger partial charge is 0.252 e. The predicted molar refractivity (Wildman–Crippen MR) is 63.5 cm³/mol. The Balaban J connectivity index is 2.33. The van der Waals surface area contributed by atoms with Crippen LogP contribution >= 0.6 is 11.3 Å². The van der Waals surface area contributed by atoms with Crippen LogP contribution in [0, 0.1) is 0 Å². The fourth-order valence-corrected chi connectivity index (χ4v) is 2.41. The second-order valence-electron chi connectivity index (χ2n) is 4.11. The second kappa shape index (κ2) is 3.90. The number of thiophene rings is 1. The van der Waals surface area contributed by atoms with E-state index < -0.39 is 5.54 Å². The maximum atomic E-state index is 12.2. The van der Waals surface area contributed by atoms with Gasteiger partial charge in [0.25, 0.3) is 5.91 Å². The first-order chi connectivity index (χ1) is 7.57. The van der Waals surface area contributed by atoms with E-state index in [0.29, 0.717) is 6.42 Å². The summed E-state index contributed by atoms with van der Waals surface area (Å²) in [5.74, 6) is -0.136. The molecule has 1 aromatic heterocycles. The molecule has 4 nitrogen and oxygen atoms in total. The van der Waals surface area contributed by atoms with E-state index in [1.807, 2.05) is 23.8 Å². The van der Waals surface area contributed by atoms with Crippen LogP contribution in [0.5, 0.6) is 0 Å². The van der Waals surface area contributed by atoms with Crippen LogP contribution in [0.25, 0.3) is 0 Å². The van der Waals surface area contributed by atoms with Crippen molar-refractivity contribution in [3.05, 3.63) is 16.8 Å². The van der Waals surface area contributed by atoms with Gasteiger partial charge in [-0.3, -0.25) is 9.59 Å². The van der Waals surface area contributed by atoms with Crippen LogP contribution in [-0.4, -0.2) is 23.9 Å². The fourth-order valence-electron chi connectivity index (χ4n) is 1.77. The molecule has 16 heavy (non-hydrogen) atoms. The first-order valence-corrected chi connectivity index (χ1v) is 6.16. The third kappa shape index (κ3) is 1.71. The van der Waals surface area contributed by atoms with Gasteiger partial charge in [0.15, 0.2) is 0 Å². The van der Waals surface area contributed by atoms with Gasteiger partial charge in [-0.15, -0.1) is 0 Å². The molecule has 1 saturated heterocycles. The minimum Gasteiger partial charge on any atom is -0.340 e. The number of amides is 2. The van der Waals surface area contributed by atoms with E-state index in [1.54, 1.807) is 11.8 Å². The van der Waals surface area contributed by atoms with Crippen molar-refractivity contribution in [2.75, 3.05) is 11.4 Å². The van der Waals surface area contributed by atoms with Gasteiger partial charge < -0.3 is 10.2 Å². The van der Waals surface area contributed by atoms with Crippen molar-refractivity contribution in [1.29, 1.82) is 0 Å². The number of piperazine rings is 1. The number of carbonyl (C=O) groups excluding carboxylic acids is 2. The molecule has 2 rings (SSSR count). The highest BCUT2D eigenvalue weighted by molar-refractivity contribution is 7.08. The van der Waals surface area contributed by atoms with Crippen LogP contribution in [0.1, 0.15) is 20.3 Å². The molecule has 1 aromatic rings. The summed E-state index contributed by atoms with van der Waals surface area (Å²) in [5, 5.41) is 6.54. The largest absolute Gasteiger partial charge is 0.340 e. The second-order valence-corrected chi connectivity index (χ2v) is 4.89. The summed E-state index contributed by atoms with van der Waals surface area (Å²) in [6, 6.07) is 1.86. The topological polar surface area (TPSA) is 49.4 Å². The molecule has 0 saturated carbocycles. The van der Waals surface area contributed by atoms with Gasteiger partial charge in [-0.05, 0) is 24.8 Å². The van der Waals surface area contributed by atoms with Crippen LogP contribution in [0.3, 0.4) is 0 Å². The summed E-state index contributed by atoms with van der Waals surface area (Å²) in [5.41, 5.74) is 0.0431. The molecule has 1 N–H and O–H groups in total. The summed E-state index contributed by atoms with van der Waals surface area (Å²) in [6.07, 6.45) is 0.595. The van der Waals surface area contributed by atoms with Crippen molar-refractivity contribution < 1.29 is 9.59 Å². The first kappa shape index (κ1) is 11.1. The fraction of sp³-hybridized carbons (Fsp3) is 0.455. The van der Waals surface area contributed by atoms with Crippen molar-refractivity contribution in [2.24, 2.45) is 0 Å². The third-order valence-electron chi connectivity index (χ3n) is 2.96. The van der Waals surface area contributed by atoms with Crippen molar-refractivity contribution in [1.82, 2.24) is 5.32 Å². The van der Waals surface area contributed by atoms with E-state index in [9.17, 15) is 9.59 Å². The third-order valence-corrected chi connectivity index (χ3v) is 3.63. The molecular weight excluding hydrogens is 224 g/mol. The van der Waals surface area contributed by atoms with Gasteiger partial charge in [-0.1, -0.05) is 6.92 Å². The molecule has 1 atom stereocenters. The summed E-state index contributed by atoms with van der Waals surface area (Å²) in [4.78, 5) is 25.4. The van der Waals surface area contributed by atoms with E-state index in [2.05, 4.69) is 5.32 Å². The van der Waals surface area contributed by atoms with Crippen LogP contribution in [0.4, 0.5) is 5.69 Å². The zero-order chi connectivity index (χ0) is 11.8. The van der Waals surface area contributed by atoms with E-state index in [-0.39, 0.29) is 18.4 Å². The Morgan fingerprint density at radius 3 is 2.88 bits per heavy atom. The number of hydrogen-bond donors (Lipinski definition) is 1. The molecular formula is C11H14N2O2S. The summed E-state index contributed by atoms with van der Waals surface area (Å²) in [7, 11) is 0. The molecule has 1 aliphatic rings. The van der Waals surface area contributed by atoms with E-state index in [4.69, 9.17) is 0 Å². The molecule has 1 unspecified atom stereocenters. The van der Waals surface area contributed by atoms with Crippen molar-refractivity contribution >= 4 is 28.8 Å². The maximum Gasteiger partial charge on any atom is 0.252 e. The average Bonchev–Trinajstić information content (AvgIpc) is 2.76. The summed E-state index contributed by atoms with van der Waals surface area (Å²) < 4.78 is 0. The molecule has 0 aliphatic carbocycles. The van der Waals surface area contributed by atoms with Crippen LogP contribution < -0.4 is 10.2 Å². The quantitative estimate of drug-likeness (QED) is 0.846. The Kier molecular flexibility index (Phi) is 2.71. The van der Waals surface area contributed by atoms with Crippen LogP contribution in [-0.2, 0) is 9.59 Å². The molecule has 2 heterocycles. The Bertz CT molecular complexity index is 416. The predicted octanol–water partition coefficient (Wildman–Crippen LogP) is 1.38. The Morgan fingerprint density at radius 1 is 1.56 bits per heavy atom. The molecule has 5 heteroatoms. The molecule has 0 radical (unpaired) electrons. The van der Waals surface area contributed by atoms with E-state index in [1.165, 1.54) is 11.3 Å². The van der Waals surface area contributed by atoms with Gasteiger partial charge >= 0.3 is 0 Å². The number of carbonyl (C=O) groups is 2. The van der Waals surface area contributed by atoms with E-state index >= 15 is 0 Å². The maximum absolute atomic E-state index is 12.2. The average molecular weight is 238 g/mol. The lowest BCUT2D eigenvalue weighted by Crippen LogP contribution is -2.65. The van der Waals surface area contributed by atoms with Crippen molar-refractivity contribution in [3.63, 3.8) is 0 Å². The van der Waals surface area contributed by atoms with Gasteiger partial charge in [0.1, 0.15) is 12.1 Å². The molecule has 2 amide bonds. The highest BCUT2D eigenvalue weighted by Gasteiger charge is 2.42. The molecule has 0 aromatic carbocycles. The first-order valence-electron chi connectivity index (χ1n) is 5.22. The van der Waals surface area contributed by atoms with Crippen molar-refractivity contribution in [3.8, 4) is 0 Å². The van der Waals surface area contributed by atoms with Gasteiger partial charge in [0.2, 0.25) is 5.91 Å². The van der Waals surface area contributed by atoms with Crippen molar-refractivity contribution in [2.45, 2.75) is 25.8 Å². The van der Waals surface area contributed by atoms with Gasteiger partial charge in [-0.2, -0.15) is 11.3 Å². The minimum atomic E-state index is -0.767. The summed E-state index contributed by atoms with van der Waals surface area (Å²) >= 11 is 1.52. The zero-order valence-corrected chi connectivity index (χ0v) is 10.1. The highest BCUT2D eigenvalue weighted by atomic mass is 32.1. The Morgan fingerprint density at radius 2 is 2.31 bits per heavy atom. The Hall–Kier alpha value is -1.36. The number of rotatable bonds is 2. The highest BCUT2D eigenvalue weighted by Crippen LogP contribution is 2.25. The number of nitrogens with one attached hydrogen (secondary N) is 1. The lowest BCUT2D eigenvalue weighted by atomic mass is 9.94. The van der Waals surface area contributed by atoms with E-state index in [0.717, 1.165) is 5.69 Å². The van der Waals surface area contributed by atoms with Gasteiger partial charge in [-0.25, -0.2) is 0 Å². The lowest BCUT2D eigenvalue weighted by Gasteiger charge is -2.38. The van der Waals surface area contributed by atoms with Crippen LogP contribution in [0.2, 0.25) is 0 Å². The standard InChI is InChI=1S/C11H14N2O2S/c1-3-11(2)10(15)13(6-9(14)12-11)8-4-5-16-7-8/h4-5,7H,3,6H2,1-2H3,(H,12,14). The number of anilines is 1. The minimum absolute atomic E-state index is 0.0343. The normalized spacial score (nSPS) is 25.8. The molecule has 1 fully saturated rings. The van der Waals surface area contributed by atoms with Crippen LogP contribution in [0.15, 0.2) is 16.8 Å². The van der Waals surface area contributed by atoms with Gasteiger partial charge in [0, 0.05) is 5.38 Å². The monoisotopic (exact) mass is 238 g/mol. The molecule has 86 valence electrons. The number of nitrogens with zero attached hydrogens (tertiary/aromatic N) is 1. The Labute approximate surface area is 98.3 Å². The molecule has 0 spiro atoms. The molecule has 0 bridgehead atoms. The lowest BCUT2D eigenvalue weighted by molar-refractivity contribution is -0.135. The molecule has 1 aliphatic heterocycles. The zero-order valence-electron chi connectivity index (χ0n) is 9.32.